The van der Waals surface area contributed by atoms with E-state index in [1.807, 2.05) is 0 Å². The molecule has 4 nitrogen and oxygen atoms in total. The van der Waals surface area contributed by atoms with Gasteiger partial charge in [0.15, 0.2) is 0 Å². The summed E-state index contributed by atoms with van der Waals surface area (Å²) in [4.78, 5) is 0.293. The van der Waals surface area contributed by atoms with E-state index in [2.05, 4.69) is 6.92 Å². The van der Waals surface area contributed by atoms with Gasteiger partial charge in [-0.3, -0.25) is 0 Å². The van der Waals surface area contributed by atoms with Gasteiger partial charge in [-0.1, -0.05) is 31.4 Å². The van der Waals surface area contributed by atoms with Crippen molar-refractivity contribution in [3.05, 3.63) is 28.8 Å². The second-order valence-electron chi connectivity index (χ2n) is 5.59. The van der Waals surface area contributed by atoms with E-state index < -0.39 is 10.0 Å². The molecule has 1 aromatic carbocycles. The summed E-state index contributed by atoms with van der Waals surface area (Å²) in [6, 6.07) is 4.77. The summed E-state index contributed by atoms with van der Waals surface area (Å²) in [5.41, 5.74) is 6.27. The Morgan fingerprint density at radius 3 is 2.57 bits per heavy atom. The highest BCUT2D eigenvalue weighted by molar-refractivity contribution is 7.89. The Kier molecular flexibility index (Phi) is 5.66. The molecule has 0 unspecified atom stereocenters. The van der Waals surface area contributed by atoms with Gasteiger partial charge in [0.05, 0.1) is 4.90 Å². The Balaban J connectivity index is 2.15. The van der Waals surface area contributed by atoms with Crippen LogP contribution in [0.25, 0.3) is 0 Å². The number of hydrogen-bond donors (Lipinski definition) is 1. The van der Waals surface area contributed by atoms with Crippen molar-refractivity contribution in [3.63, 3.8) is 0 Å². The van der Waals surface area contributed by atoms with Crippen LogP contribution in [0.4, 0.5) is 0 Å². The summed E-state index contributed by atoms with van der Waals surface area (Å²) in [7, 11) is -3.43. The van der Waals surface area contributed by atoms with Crippen LogP contribution in [0.3, 0.4) is 0 Å². The van der Waals surface area contributed by atoms with E-state index in [1.54, 1.807) is 22.5 Å². The monoisotopic (exact) mass is 330 g/mol. The topological polar surface area (TPSA) is 63.4 Å². The molecule has 1 heterocycles. The minimum atomic E-state index is -3.43. The molecule has 0 spiro atoms. The van der Waals surface area contributed by atoms with Crippen LogP contribution >= 0.6 is 11.6 Å². The van der Waals surface area contributed by atoms with E-state index in [4.69, 9.17) is 17.3 Å². The zero-order valence-electron chi connectivity index (χ0n) is 12.4. The largest absolute Gasteiger partial charge is 0.326 e. The van der Waals surface area contributed by atoms with Crippen LogP contribution in [0.2, 0.25) is 5.02 Å². The lowest BCUT2D eigenvalue weighted by Gasteiger charge is -2.31. The van der Waals surface area contributed by atoms with Gasteiger partial charge >= 0.3 is 0 Å². The molecule has 0 bridgehead atoms. The van der Waals surface area contributed by atoms with E-state index in [0.717, 1.165) is 19.3 Å². The first-order chi connectivity index (χ1) is 9.98. The van der Waals surface area contributed by atoms with Crippen LogP contribution in [0.5, 0.6) is 0 Å². The van der Waals surface area contributed by atoms with E-state index in [1.165, 1.54) is 6.42 Å². The lowest BCUT2D eigenvalue weighted by atomic mass is 9.94. The zero-order valence-corrected chi connectivity index (χ0v) is 14.0. The molecule has 0 amide bonds. The van der Waals surface area contributed by atoms with Crippen molar-refractivity contribution in [1.29, 1.82) is 0 Å². The van der Waals surface area contributed by atoms with Crippen LogP contribution in [-0.4, -0.2) is 25.8 Å². The van der Waals surface area contributed by atoms with Crippen molar-refractivity contribution < 1.29 is 8.42 Å². The summed E-state index contributed by atoms with van der Waals surface area (Å²) in [6.45, 7) is 3.62. The number of sulfonamides is 1. The summed E-state index contributed by atoms with van der Waals surface area (Å²) in [5, 5.41) is 0.512. The highest BCUT2D eigenvalue weighted by atomic mass is 35.5. The molecule has 118 valence electrons. The van der Waals surface area contributed by atoms with E-state index in [-0.39, 0.29) is 6.54 Å². The Bertz CT molecular complexity index is 581. The average molecular weight is 331 g/mol. The molecular weight excluding hydrogens is 308 g/mol. The van der Waals surface area contributed by atoms with Gasteiger partial charge in [0, 0.05) is 24.7 Å². The molecule has 1 aliphatic rings. The Morgan fingerprint density at radius 2 is 2.00 bits per heavy atom. The van der Waals surface area contributed by atoms with Crippen molar-refractivity contribution in [2.24, 2.45) is 11.7 Å². The van der Waals surface area contributed by atoms with Gasteiger partial charge < -0.3 is 5.73 Å². The molecule has 2 rings (SSSR count). The fourth-order valence-corrected chi connectivity index (χ4v) is 4.58. The van der Waals surface area contributed by atoms with Gasteiger partial charge in [-0.05, 0) is 42.5 Å². The number of benzene rings is 1. The Labute approximate surface area is 132 Å². The number of nitrogens with two attached hydrogens (primary N) is 1. The van der Waals surface area contributed by atoms with E-state index >= 15 is 0 Å². The number of hydrogen-bond acceptors (Lipinski definition) is 3. The summed E-state index contributed by atoms with van der Waals surface area (Å²) < 4.78 is 26.9. The van der Waals surface area contributed by atoms with Gasteiger partial charge in [0.1, 0.15) is 0 Å². The number of halogens is 1. The summed E-state index contributed by atoms with van der Waals surface area (Å²) in [6.07, 6.45) is 4.25. The minimum Gasteiger partial charge on any atom is -0.326 e. The molecule has 0 aromatic heterocycles. The van der Waals surface area contributed by atoms with Gasteiger partial charge in [-0.15, -0.1) is 0 Å². The third-order valence-electron chi connectivity index (χ3n) is 4.15. The molecule has 0 aliphatic carbocycles. The van der Waals surface area contributed by atoms with Crippen molar-refractivity contribution in [2.75, 3.05) is 13.1 Å². The van der Waals surface area contributed by atoms with Crippen LogP contribution < -0.4 is 5.73 Å². The number of piperidine rings is 1. The quantitative estimate of drug-likeness (QED) is 0.902. The molecule has 1 aliphatic heterocycles. The van der Waals surface area contributed by atoms with Gasteiger partial charge in [-0.2, -0.15) is 4.31 Å². The molecule has 6 heteroatoms. The fourth-order valence-electron chi connectivity index (χ4n) is 2.86. The minimum absolute atomic E-state index is 0.237. The smallest absolute Gasteiger partial charge is 0.243 e. The van der Waals surface area contributed by atoms with Gasteiger partial charge in [0.25, 0.3) is 0 Å². The second kappa shape index (κ2) is 7.09. The normalized spacial score (nSPS) is 18.0. The first kappa shape index (κ1) is 16.7. The first-order valence-corrected chi connectivity index (χ1v) is 9.29. The lowest BCUT2D eigenvalue weighted by molar-refractivity contribution is 0.262. The molecule has 1 saturated heterocycles. The van der Waals surface area contributed by atoms with Gasteiger partial charge in [0.2, 0.25) is 10.0 Å². The number of rotatable bonds is 5. The highest BCUT2D eigenvalue weighted by Crippen LogP contribution is 2.28. The van der Waals surface area contributed by atoms with Crippen molar-refractivity contribution >= 4 is 21.6 Å². The van der Waals surface area contributed by atoms with Crippen LogP contribution in [-0.2, 0) is 16.6 Å². The predicted molar refractivity (Wildman–Crippen MR) is 85.7 cm³/mol. The van der Waals surface area contributed by atoms with Crippen molar-refractivity contribution in [3.8, 4) is 0 Å². The summed E-state index contributed by atoms with van der Waals surface area (Å²) >= 11 is 6.00. The molecule has 1 aromatic rings. The third kappa shape index (κ3) is 3.77. The molecule has 0 saturated carbocycles. The SMILES string of the molecule is CCCC1CCN(S(=O)(=O)c2ccc(Cl)c(CN)c2)CC1. The maximum absolute atomic E-state index is 12.7. The molecule has 2 N–H and O–H groups in total. The Morgan fingerprint density at radius 1 is 1.33 bits per heavy atom. The maximum atomic E-state index is 12.7. The fraction of sp³-hybridized carbons (Fsp3) is 0.600. The third-order valence-corrected chi connectivity index (χ3v) is 6.41. The Hall–Kier alpha value is -0.620. The molecular formula is C15H23ClN2O2S. The van der Waals surface area contributed by atoms with Gasteiger partial charge in [-0.25, -0.2) is 8.42 Å². The second-order valence-corrected chi connectivity index (χ2v) is 7.94. The molecule has 0 atom stereocenters. The lowest BCUT2D eigenvalue weighted by Crippen LogP contribution is -2.38. The summed E-state index contributed by atoms with van der Waals surface area (Å²) in [5.74, 6) is 0.659. The first-order valence-electron chi connectivity index (χ1n) is 7.47. The maximum Gasteiger partial charge on any atom is 0.243 e. The van der Waals surface area contributed by atoms with E-state index in [9.17, 15) is 8.42 Å². The standard InChI is InChI=1S/C15H23ClN2O2S/c1-2-3-12-6-8-18(9-7-12)21(19,20)14-4-5-15(16)13(10-14)11-17/h4-5,10,12H,2-3,6-9,11,17H2,1H3. The van der Waals surface area contributed by atoms with Crippen molar-refractivity contribution in [1.82, 2.24) is 4.31 Å². The van der Waals surface area contributed by atoms with Crippen molar-refractivity contribution in [2.45, 2.75) is 44.0 Å². The van der Waals surface area contributed by atoms with Crippen LogP contribution in [0.1, 0.15) is 38.2 Å². The molecule has 0 radical (unpaired) electrons. The highest BCUT2D eigenvalue weighted by Gasteiger charge is 2.29. The number of nitrogens with zero attached hydrogens (tertiary/aromatic N) is 1. The molecule has 1 fully saturated rings. The van der Waals surface area contributed by atoms with Crippen LogP contribution in [0.15, 0.2) is 23.1 Å². The average Bonchev–Trinajstić information content (AvgIpc) is 2.48. The molecule has 21 heavy (non-hydrogen) atoms. The zero-order chi connectivity index (χ0) is 15.5. The predicted octanol–water partition coefficient (Wildman–Crippen LogP) is 3.00. The van der Waals surface area contributed by atoms with E-state index in [0.29, 0.717) is 34.5 Å². The van der Waals surface area contributed by atoms with Crippen LogP contribution in [0, 0.1) is 5.92 Å².